The lowest BCUT2D eigenvalue weighted by Gasteiger charge is -2.36. The summed E-state index contributed by atoms with van der Waals surface area (Å²) in [6.45, 7) is 2.64. The lowest BCUT2D eigenvalue weighted by atomic mass is 9.93. The molecule has 3 rings (SSSR count). The average Bonchev–Trinajstić information content (AvgIpc) is 2.93. The van der Waals surface area contributed by atoms with Gasteiger partial charge in [0.25, 0.3) is 5.56 Å². The second kappa shape index (κ2) is 7.75. The molecular formula is C14H19N6O8P. The molecule has 1 aromatic heterocycles. The van der Waals surface area contributed by atoms with Crippen molar-refractivity contribution in [3.63, 3.8) is 0 Å². The first-order valence-corrected chi connectivity index (χ1v) is 9.99. The predicted molar refractivity (Wildman–Crippen MR) is 95.8 cm³/mol. The van der Waals surface area contributed by atoms with Crippen LogP contribution < -0.4 is 16.3 Å². The van der Waals surface area contributed by atoms with Crippen molar-refractivity contribution in [3.8, 4) is 0 Å². The van der Waals surface area contributed by atoms with Gasteiger partial charge in [0.1, 0.15) is 23.8 Å². The zero-order valence-corrected chi connectivity index (χ0v) is 16.6. The van der Waals surface area contributed by atoms with Crippen molar-refractivity contribution in [2.75, 3.05) is 13.7 Å². The van der Waals surface area contributed by atoms with Gasteiger partial charge < -0.3 is 9.47 Å². The van der Waals surface area contributed by atoms with Crippen molar-refractivity contribution in [2.24, 2.45) is 5.11 Å². The second-order valence-corrected chi connectivity index (χ2v) is 8.37. The highest BCUT2D eigenvalue weighted by molar-refractivity contribution is 7.51. The maximum atomic E-state index is 13.0. The molecule has 0 saturated carbocycles. The zero-order valence-electron chi connectivity index (χ0n) is 15.7. The number of aromatic nitrogens is 2. The number of carbonyl (C=O) groups is 1. The molecule has 2 aliphatic heterocycles. The molecule has 0 aliphatic carbocycles. The Kier molecular flexibility index (Phi) is 5.68. The lowest BCUT2D eigenvalue weighted by Crippen LogP contribution is -2.49. The molecule has 14 nitrogen and oxygen atoms in total. The Balaban J connectivity index is 1.95. The second-order valence-electron chi connectivity index (χ2n) is 6.65. The molecule has 0 spiro atoms. The van der Waals surface area contributed by atoms with Gasteiger partial charge in [-0.2, -0.15) is 0 Å². The third-order valence-electron chi connectivity index (χ3n) is 4.65. The van der Waals surface area contributed by atoms with E-state index in [0.29, 0.717) is 0 Å². The van der Waals surface area contributed by atoms with E-state index in [1.807, 2.05) is 0 Å². The fourth-order valence-electron chi connectivity index (χ4n) is 3.24. The van der Waals surface area contributed by atoms with E-state index in [1.165, 1.54) is 27.2 Å². The Morgan fingerprint density at radius 3 is 2.93 bits per heavy atom. The van der Waals surface area contributed by atoms with E-state index in [4.69, 9.17) is 19.3 Å². The monoisotopic (exact) mass is 430 g/mol. The van der Waals surface area contributed by atoms with Gasteiger partial charge >= 0.3 is 19.4 Å². The number of nitrogens with zero attached hydrogens (tertiary/aromatic N) is 4. The van der Waals surface area contributed by atoms with Gasteiger partial charge in [-0.1, -0.05) is 5.11 Å². The minimum Gasteiger partial charge on any atom is -0.468 e. The van der Waals surface area contributed by atoms with E-state index in [9.17, 15) is 18.9 Å². The number of rotatable bonds is 5. The van der Waals surface area contributed by atoms with Gasteiger partial charge in [0.05, 0.1) is 13.7 Å². The largest absolute Gasteiger partial charge is 0.468 e. The molecule has 2 saturated heterocycles. The van der Waals surface area contributed by atoms with Crippen LogP contribution in [0.1, 0.15) is 20.1 Å². The molecule has 0 amide bonds. The highest BCUT2D eigenvalue weighted by atomic mass is 31.2. The highest BCUT2D eigenvalue weighted by Gasteiger charge is 2.60. The van der Waals surface area contributed by atoms with E-state index in [0.717, 1.165) is 10.6 Å². The summed E-state index contributed by atoms with van der Waals surface area (Å²) in [6.07, 6.45) is -1.91. The predicted octanol–water partition coefficient (Wildman–Crippen LogP) is 0.178. The smallest absolute Gasteiger partial charge is 0.406 e. The molecule has 158 valence electrons. The molecule has 2 aliphatic rings. The Labute approximate surface area is 163 Å². The summed E-state index contributed by atoms with van der Waals surface area (Å²) in [5, 5.41) is 6.18. The van der Waals surface area contributed by atoms with Crippen LogP contribution in [0.2, 0.25) is 0 Å². The van der Waals surface area contributed by atoms with E-state index < -0.39 is 55.0 Å². The molecule has 1 unspecified atom stereocenters. The highest BCUT2D eigenvalue weighted by Crippen LogP contribution is 2.56. The van der Waals surface area contributed by atoms with Gasteiger partial charge in [0.2, 0.25) is 0 Å². The molecule has 1 aromatic rings. The number of aromatic amines is 1. The number of nitrogens with one attached hydrogen (secondary N) is 2. The summed E-state index contributed by atoms with van der Waals surface area (Å²) in [5.74, 6) is -0.687. The van der Waals surface area contributed by atoms with E-state index >= 15 is 0 Å². The third-order valence-corrected chi connectivity index (χ3v) is 6.35. The van der Waals surface area contributed by atoms with Gasteiger partial charge in [0, 0.05) is 17.2 Å². The Morgan fingerprint density at radius 1 is 1.59 bits per heavy atom. The van der Waals surface area contributed by atoms with Gasteiger partial charge in [0.15, 0.2) is 6.23 Å². The normalized spacial score (nSPS) is 34.7. The summed E-state index contributed by atoms with van der Waals surface area (Å²) in [5.41, 5.74) is 6.13. The number of hydrogen-bond donors (Lipinski definition) is 2. The van der Waals surface area contributed by atoms with Crippen molar-refractivity contribution in [1.82, 2.24) is 14.6 Å². The molecule has 0 aromatic carbocycles. The van der Waals surface area contributed by atoms with Crippen LogP contribution in [0.15, 0.2) is 27.0 Å². The number of H-pyrrole nitrogens is 1. The molecule has 3 heterocycles. The van der Waals surface area contributed by atoms with Crippen LogP contribution in [-0.2, 0) is 27.9 Å². The lowest BCUT2D eigenvalue weighted by molar-refractivity contribution is -0.142. The minimum atomic E-state index is -4.01. The van der Waals surface area contributed by atoms with Crippen molar-refractivity contribution >= 4 is 13.7 Å². The van der Waals surface area contributed by atoms with Crippen LogP contribution in [0.5, 0.6) is 0 Å². The Bertz CT molecular complexity index is 1020. The molecule has 0 radical (unpaired) electrons. The molecule has 0 bridgehead atoms. The van der Waals surface area contributed by atoms with Crippen LogP contribution in [0.25, 0.3) is 10.4 Å². The number of hydrogen-bond acceptors (Lipinski definition) is 9. The minimum absolute atomic E-state index is 0.228. The standard InChI is InChI=1S/C14H19N6O8P/c1-7(11(22)25-3)17-29(24)26-6-8-10(28-29)14(2,18-19-15)12(27-8)20-5-4-9(21)16-13(20)23/h4-5,7-8,10,12H,6H2,1-3H3,(H,17,24)(H,16,21,23)/t7-,8-,10-,12-,14-,29?/m1/s1. The van der Waals surface area contributed by atoms with Gasteiger partial charge in [-0.05, 0) is 19.4 Å². The quantitative estimate of drug-likeness (QED) is 0.216. The first-order chi connectivity index (χ1) is 13.6. The fraction of sp³-hybridized carbons (Fsp3) is 0.643. The third kappa shape index (κ3) is 3.86. The SMILES string of the molecule is COC(=O)[C@@H](C)NP1(=O)OC[C@H]2O[C@@H](n3ccc(=O)[nH]c3=O)[C@](C)(N=[N+]=[N-])[C@@H]2O1. The summed E-state index contributed by atoms with van der Waals surface area (Å²) in [7, 11) is -2.84. The van der Waals surface area contributed by atoms with Crippen molar-refractivity contribution in [1.29, 1.82) is 0 Å². The van der Waals surface area contributed by atoms with Gasteiger partial charge in [-0.25, -0.2) is 14.4 Å². The molecule has 2 N–H and O–H groups in total. The summed E-state index contributed by atoms with van der Waals surface area (Å²) in [6, 6.07) is 0.0958. The number of ether oxygens (including phenoxy) is 2. The van der Waals surface area contributed by atoms with Crippen LogP contribution in [0.4, 0.5) is 0 Å². The molecule has 15 heteroatoms. The Morgan fingerprint density at radius 2 is 2.31 bits per heavy atom. The maximum Gasteiger partial charge on any atom is 0.406 e. The number of esters is 1. The number of methoxy groups -OCH3 is 1. The zero-order chi connectivity index (χ0) is 21.4. The topological polar surface area (TPSA) is 187 Å². The number of azide groups is 1. The van der Waals surface area contributed by atoms with Crippen molar-refractivity contribution in [2.45, 2.75) is 43.9 Å². The van der Waals surface area contributed by atoms with Crippen molar-refractivity contribution in [3.05, 3.63) is 43.5 Å². The van der Waals surface area contributed by atoms with Gasteiger partial charge in [-0.15, -0.1) is 0 Å². The molecular weight excluding hydrogens is 411 g/mol. The Hall–Kier alpha value is -2.47. The first-order valence-electron chi connectivity index (χ1n) is 8.45. The fourth-order valence-corrected chi connectivity index (χ4v) is 5.01. The number of fused-ring (bicyclic) bond motifs is 1. The van der Waals surface area contributed by atoms with E-state index in [-0.39, 0.29) is 6.61 Å². The van der Waals surface area contributed by atoms with E-state index in [2.05, 4.69) is 24.8 Å². The average molecular weight is 430 g/mol. The first kappa shape index (κ1) is 21.2. The molecule has 29 heavy (non-hydrogen) atoms. The summed E-state index contributed by atoms with van der Waals surface area (Å²) < 4.78 is 35.2. The number of carbonyl (C=O) groups excluding carboxylic acids is 1. The summed E-state index contributed by atoms with van der Waals surface area (Å²) >= 11 is 0. The molecule has 2 fully saturated rings. The van der Waals surface area contributed by atoms with Crippen LogP contribution >= 0.6 is 7.75 Å². The van der Waals surface area contributed by atoms with Crippen molar-refractivity contribution < 1.29 is 27.9 Å². The maximum absolute atomic E-state index is 13.0. The molecule has 6 atom stereocenters. The van der Waals surface area contributed by atoms with Crippen LogP contribution in [0.3, 0.4) is 0 Å². The van der Waals surface area contributed by atoms with Crippen LogP contribution in [-0.4, -0.2) is 53.0 Å². The van der Waals surface area contributed by atoms with Gasteiger partial charge in [-0.3, -0.25) is 28.2 Å². The summed E-state index contributed by atoms with van der Waals surface area (Å²) in [4.78, 5) is 40.1. The van der Waals surface area contributed by atoms with Crippen LogP contribution in [0, 0.1) is 0 Å². The van der Waals surface area contributed by atoms with E-state index in [1.54, 1.807) is 0 Å².